The normalized spacial score (nSPS) is 13.1. The molecule has 0 aromatic rings. The maximum absolute atomic E-state index is 12.9. The van der Waals surface area contributed by atoms with Crippen LogP contribution in [0.15, 0.2) is 122 Å². The Kier molecular flexibility index (Phi) is 56.5. The molecule has 1 atom stereocenters. The molecule has 5 nitrogen and oxygen atoms in total. The minimum absolute atomic E-state index is 0.0416. The number of carbonyl (C=O) groups excluding carboxylic acids is 2. The van der Waals surface area contributed by atoms with Crippen LogP contribution >= 0.6 is 0 Å². The van der Waals surface area contributed by atoms with Gasteiger partial charge in [0.05, 0.1) is 6.61 Å². The van der Waals surface area contributed by atoms with E-state index in [1.54, 1.807) is 0 Å². The van der Waals surface area contributed by atoms with Gasteiger partial charge in [-0.05, 0) is 128 Å². The lowest BCUT2D eigenvalue weighted by molar-refractivity contribution is -0.163. The maximum Gasteiger partial charge on any atom is 0.306 e. The average molecular weight is 970 g/mol. The third-order valence-electron chi connectivity index (χ3n) is 12.0. The molecule has 0 bridgehead atoms. The lowest BCUT2D eigenvalue weighted by Gasteiger charge is -2.18. The zero-order chi connectivity index (χ0) is 50.6. The minimum atomic E-state index is -0.578. The highest BCUT2D eigenvalue weighted by Crippen LogP contribution is 2.13. The zero-order valence-corrected chi connectivity index (χ0v) is 45.7. The van der Waals surface area contributed by atoms with E-state index >= 15 is 0 Å². The third kappa shape index (κ3) is 56.9. The Morgan fingerprint density at radius 3 is 1.07 bits per heavy atom. The third-order valence-corrected chi connectivity index (χ3v) is 12.0. The molecule has 0 aromatic heterocycles. The van der Waals surface area contributed by atoms with Crippen LogP contribution in [-0.4, -0.2) is 37.9 Å². The van der Waals surface area contributed by atoms with E-state index in [0.717, 1.165) is 103 Å². The Bertz CT molecular complexity index is 1420. The van der Waals surface area contributed by atoms with Crippen LogP contribution in [0.25, 0.3) is 0 Å². The van der Waals surface area contributed by atoms with Gasteiger partial charge >= 0.3 is 11.9 Å². The van der Waals surface area contributed by atoms with Crippen molar-refractivity contribution in [2.75, 3.05) is 19.8 Å². The van der Waals surface area contributed by atoms with Gasteiger partial charge < -0.3 is 14.2 Å². The van der Waals surface area contributed by atoms with Gasteiger partial charge in [0.25, 0.3) is 0 Å². The van der Waals surface area contributed by atoms with Gasteiger partial charge in [-0.15, -0.1) is 0 Å². The molecule has 0 spiro atoms. The van der Waals surface area contributed by atoms with Crippen LogP contribution in [0, 0.1) is 0 Å². The molecule has 0 heterocycles. The van der Waals surface area contributed by atoms with E-state index in [-0.39, 0.29) is 25.2 Å². The highest BCUT2D eigenvalue weighted by atomic mass is 16.6. The molecule has 0 rings (SSSR count). The number of unbranched alkanes of at least 4 members (excludes halogenated alkanes) is 21. The van der Waals surface area contributed by atoms with Crippen LogP contribution in [0.5, 0.6) is 0 Å². The molecule has 0 aromatic carbocycles. The summed E-state index contributed by atoms with van der Waals surface area (Å²) in [5, 5.41) is 0. The van der Waals surface area contributed by atoms with Crippen molar-refractivity contribution in [3.8, 4) is 0 Å². The van der Waals surface area contributed by atoms with Crippen LogP contribution in [0.1, 0.15) is 252 Å². The number of ether oxygens (including phenoxy) is 3. The second-order valence-electron chi connectivity index (χ2n) is 18.8. The Hall–Kier alpha value is -3.70. The smallest absolute Gasteiger partial charge is 0.306 e. The van der Waals surface area contributed by atoms with Gasteiger partial charge in [0.15, 0.2) is 6.10 Å². The zero-order valence-electron chi connectivity index (χ0n) is 45.7. The number of allylic oxidation sites excluding steroid dienone is 20. The van der Waals surface area contributed by atoms with Crippen molar-refractivity contribution in [2.24, 2.45) is 0 Å². The fourth-order valence-electron chi connectivity index (χ4n) is 7.64. The molecule has 0 amide bonds. The molecular formula is C65H108O5. The summed E-state index contributed by atoms with van der Waals surface area (Å²) in [4.78, 5) is 25.5. The first-order chi connectivity index (χ1) is 34.6. The molecule has 0 fully saturated rings. The summed E-state index contributed by atoms with van der Waals surface area (Å²) in [6.07, 6.45) is 83.6. The molecule has 0 aliphatic rings. The summed E-state index contributed by atoms with van der Waals surface area (Å²) in [7, 11) is 0. The summed E-state index contributed by atoms with van der Waals surface area (Å²) in [6, 6.07) is 0. The molecule has 70 heavy (non-hydrogen) atoms. The van der Waals surface area contributed by atoms with Crippen molar-refractivity contribution < 1.29 is 23.8 Å². The Morgan fingerprint density at radius 1 is 0.329 bits per heavy atom. The van der Waals surface area contributed by atoms with Crippen molar-refractivity contribution in [2.45, 2.75) is 258 Å². The van der Waals surface area contributed by atoms with E-state index in [1.165, 1.54) is 116 Å². The molecule has 0 aliphatic carbocycles. The van der Waals surface area contributed by atoms with E-state index in [2.05, 4.69) is 142 Å². The van der Waals surface area contributed by atoms with Crippen LogP contribution in [0.3, 0.4) is 0 Å². The second kappa shape index (κ2) is 59.6. The fourth-order valence-corrected chi connectivity index (χ4v) is 7.64. The second-order valence-corrected chi connectivity index (χ2v) is 18.8. The van der Waals surface area contributed by atoms with Crippen LogP contribution in [0.2, 0.25) is 0 Å². The first-order valence-corrected chi connectivity index (χ1v) is 29.1. The molecular weight excluding hydrogens is 861 g/mol. The van der Waals surface area contributed by atoms with Crippen molar-refractivity contribution in [3.63, 3.8) is 0 Å². The number of hydrogen-bond donors (Lipinski definition) is 0. The summed E-state index contributed by atoms with van der Waals surface area (Å²) in [5.41, 5.74) is 0. The van der Waals surface area contributed by atoms with Crippen molar-refractivity contribution in [1.82, 2.24) is 0 Å². The monoisotopic (exact) mass is 969 g/mol. The highest BCUT2D eigenvalue weighted by molar-refractivity contribution is 5.70. The standard InChI is InChI=1S/C65H108O5/c1-4-7-10-13-16-19-22-25-28-31-32-33-36-39-42-45-48-51-54-57-60-68-61-63(70-65(67)59-56-53-50-47-44-41-38-35-30-27-24-21-18-15-12-9-6-3)62-69-64(66)58-55-52-49-46-43-40-37-34-29-26-23-20-17-14-11-8-5-2/h8,11,16-21,25-30,32-33,37,40,46,49,63H,4-7,9-10,12-15,22-24,31,34-36,38-39,41-45,47-48,50-62H2,1-3H3/b11-8-,19-16-,20-17-,21-18-,28-25-,29-26-,30-27-,33-32-,40-37-,49-46-. The molecule has 0 saturated carbocycles. The number of rotatable bonds is 52. The van der Waals surface area contributed by atoms with Crippen LogP contribution < -0.4 is 0 Å². The van der Waals surface area contributed by atoms with Gasteiger partial charge in [0, 0.05) is 19.4 Å². The lowest BCUT2D eigenvalue weighted by Crippen LogP contribution is -2.30. The fraction of sp³-hybridized carbons (Fsp3) is 0.662. The molecule has 0 saturated heterocycles. The maximum atomic E-state index is 12.9. The van der Waals surface area contributed by atoms with Crippen LogP contribution in [0.4, 0.5) is 0 Å². The Morgan fingerprint density at radius 2 is 0.657 bits per heavy atom. The van der Waals surface area contributed by atoms with Gasteiger partial charge in [-0.3, -0.25) is 9.59 Å². The molecule has 398 valence electrons. The van der Waals surface area contributed by atoms with Gasteiger partial charge in [-0.25, -0.2) is 0 Å². The number of esters is 2. The minimum Gasteiger partial charge on any atom is -0.462 e. The van der Waals surface area contributed by atoms with E-state index < -0.39 is 6.10 Å². The van der Waals surface area contributed by atoms with Crippen LogP contribution in [-0.2, 0) is 23.8 Å². The number of carbonyl (C=O) groups is 2. The SMILES string of the molecule is CC/C=C\C/C=C\C/C=C\C/C=C\C/C=C\CCCC(=O)OCC(COCCCCCCCCC/C=C\C/C=C\C/C=C\CCCCC)OC(=O)CCCCCCCCC/C=C\C/C=C\CCCCC. The van der Waals surface area contributed by atoms with Gasteiger partial charge in [0.2, 0.25) is 0 Å². The summed E-state index contributed by atoms with van der Waals surface area (Å²) >= 11 is 0. The van der Waals surface area contributed by atoms with Gasteiger partial charge in [-0.1, -0.05) is 232 Å². The number of hydrogen-bond acceptors (Lipinski definition) is 5. The topological polar surface area (TPSA) is 61.8 Å². The summed E-state index contributed by atoms with van der Waals surface area (Å²) < 4.78 is 17.4. The Balaban J connectivity index is 4.42. The molecule has 5 heteroatoms. The predicted molar refractivity (Wildman–Crippen MR) is 306 cm³/mol. The largest absolute Gasteiger partial charge is 0.462 e. The predicted octanol–water partition coefficient (Wildman–Crippen LogP) is 20.1. The first kappa shape index (κ1) is 66.3. The summed E-state index contributed by atoms with van der Waals surface area (Å²) in [6.45, 7) is 7.57. The highest BCUT2D eigenvalue weighted by Gasteiger charge is 2.17. The van der Waals surface area contributed by atoms with Gasteiger partial charge in [-0.2, -0.15) is 0 Å². The first-order valence-electron chi connectivity index (χ1n) is 29.1. The van der Waals surface area contributed by atoms with E-state index in [1.807, 2.05) is 0 Å². The van der Waals surface area contributed by atoms with E-state index in [0.29, 0.717) is 19.4 Å². The quantitative estimate of drug-likeness (QED) is 0.0345. The molecule has 1 unspecified atom stereocenters. The van der Waals surface area contributed by atoms with Gasteiger partial charge in [0.1, 0.15) is 6.61 Å². The Labute approximate surface area is 433 Å². The van der Waals surface area contributed by atoms with Crippen molar-refractivity contribution in [1.29, 1.82) is 0 Å². The molecule has 0 N–H and O–H groups in total. The lowest BCUT2D eigenvalue weighted by atomic mass is 10.1. The van der Waals surface area contributed by atoms with E-state index in [9.17, 15) is 9.59 Å². The van der Waals surface area contributed by atoms with Crippen molar-refractivity contribution in [3.05, 3.63) is 122 Å². The van der Waals surface area contributed by atoms with Crippen molar-refractivity contribution >= 4 is 11.9 Å². The average Bonchev–Trinajstić information content (AvgIpc) is 3.36. The molecule has 0 radical (unpaired) electrons. The van der Waals surface area contributed by atoms with E-state index in [4.69, 9.17) is 14.2 Å². The summed E-state index contributed by atoms with van der Waals surface area (Å²) in [5.74, 6) is -0.482. The molecule has 0 aliphatic heterocycles.